The van der Waals surface area contributed by atoms with Crippen molar-refractivity contribution in [1.29, 1.82) is 0 Å². The van der Waals surface area contributed by atoms with E-state index in [1.165, 1.54) is 12.1 Å². The van der Waals surface area contributed by atoms with Gasteiger partial charge in [-0.2, -0.15) is 0 Å². The number of carbonyl (C=O) groups excluding carboxylic acids is 2. The van der Waals surface area contributed by atoms with E-state index < -0.39 is 6.04 Å². The number of hydrogen-bond donors (Lipinski definition) is 1. The number of nitrogens with one attached hydrogen (secondary N) is 1. The van der Waals surface area contributed by atoms with Crippen LogP contribution in [0.5, 0.6) is 0 Å². The Hall–Kier alpha value is -2.38. The second-order valence-corrected chi connectivity index (χ2v) is 7.94. The zero-order valence-electron chi connectivity index (χ0n) is 16.0. The average Bonchev–Trinajstić information content (AvgIpc) is 3.18. The third-order valence-corrected chi connectivity index (χ3v) is 5.81. The first-order valence-electron chi connectivity index (χ1n) is 9.10. The highest BCUT2D eigenvalue weighted by Gasteiger charge is 2.35. The minimum Gasteiger partial charge on any atom is -0.352 e. The first-order chi connectivity index (χ1) is 13.5. The van der Waals surface area contributed by atoms with E-state index >= 15 is 0 Å². The molecule has 0 aromatic heterocycles. The second kappa shape index (κ2) is 9.21. The molecule has 0 spiro atoms. The molecule has 1 N–H and O–H groups in total. The number of rotatable bonds is 6. The van der Waals surface area contributed by atoms with Crippen molar-refractivity contribution < 1.29 is 14.0 Å². The first kappa shape index (κ1) is 20.4. The minimum absolute atomic E-state index is 0.139. The van der Waals surface area contributed by atoms with Crippen LogP contribution in [0.4, 0.5) is 4.39 Å². The lowest BCUT2D eigenvalue weighted by Gasteiger charge is -2.27. The van der Waals surface area contributed by atoms with E-state index in [4.69, 9.17) is 0 Å². The Bertz CT molecular complexity index is 831. The van der Waals surface area contributed by atoms with Gasteiger partial charge < -0.3 is 15.1 Å². The van der Waals surface area contributed by atoms with Gasteiger partial charge in [0.1, 0.15) is 11.9 Å². The smallest absolute Gasteiger partial charge is 0.255 e. The van der Waals surface area contributed by atoms with Gasteiger partial charge in [-0.3, -0.25) is 9.59 Å². The Labute approximate surface area is 168 Å². The van der Waals surface area contributed by atoms with Crippen LogP contribution in [0.1, 0.15) is 22.0 Å². The van der Waals surface area contributed by atoms with Crippen LogP contribution in [0.3, 0.4) is 0 Å². The number of halogens is 1. The average molecular weight is 402 g/mol. The van der Waals surface area contributed by atoms with Gasteiger partial charge in [0.25, 0.3) is 5.91 Å². The molecule has 0 saturated carbocycles. The third kappa shape index (κ3) is 4.72. The maximum atomic E-state index is 13.6. The number of benzene rings is 2. The normalized spacial score (nSPS) is 17.6. The molecule has 0 aliphatic carbocycles. The highest BCUT2D eigenvalue weighted by atomic mass is 32.2. The van der Waals surface area contributed by atoms with E-state index in [1.807, 2.05) is 43.3 Å². The Morgan fingerprint density at radius 2 is 1.96 bits per heavy atom. The predicted octanol–water partition coefficient (Wildman–Crippen LogP) is 2.76. The van der Waals surface area contributed by atoms with Crippen LogP contribution in [0, 0.1) is 5.82 Å². The maximum Gasteiger partial charge on any atom is 0.255 e. The van der Waals surface area contributed by atoms with Crippen LogP contribution in [0.2, 0.25) is 0 Å². The number of thioether (sulfide) groups is 1. The standard InChI is InChI=1S/C21H24FN3O2S/c1-24(2)18(16-9-6-10-17(22)11-16)12-23-20(26)19-13-28-14-25(19)21(27)15-7-4-3-5-8-15/h3-11,18-19H,12-14H2,1-2H3,(H,23,26). The Balaban J connectivity index is 1.66. The molecule has 1 fully saturated rings. The van der Waals surface area contributed by atoms with Crippen molar-refractivity contribution in [2.24, 2.45) is 0 Å². The summed E-state index contributed by atoms with van der Waals surface area (Å²) in [5.74, 6) is 0.434. The molecular weight excluding hydrogens is 377 g/mol. The van der Waals surface area contributed by atoms with E-state index in [9.17, 15) is 14.0 Å². The summed E-state index contributed by atoms with van der Waals surface area (Å²) in [6, 6.07) is 14.7. The Morgan fingerprint density at radius 1 is 1.21 bits per heavy atom. The summed E-state index contributed by atoms with van der Waals surface area (Å²) in [5, 5.41) is 2.95. The van der Waals surface area contributed by atoms with Crippen LogP contribution in [-0.2, 0) is 4.79 Å². The SMILES string of the molecule is CN(C)C(CNC(=O)C1CSCN1C(=O)c1ccccc1)c1cccc(F)c1. The Kier molecular flexibility index (Phi) is 6.70. The van der Waals surface area contributed by atoms with Gasteiger partial charge in [-0.05, 0) is 43.9 Å². The first-order valence-corrected chi connectivity index (χ1v) is 10.3. The molecule has 1 aliphatic heterocycles. The topological polar surface area (TPSA) is 52.7 Å². The molecule has 7 heteroatoms. The van der Waals surface area contributed by atoms with Gasteiger partial charge in [0.2, 0.25) is 5.91 Å². The minimum atomic E-state index is -0.506. The summed E-state index contributed by atoms with van der Waals surface area (Å²) < 4.78 is 13.6. The van der Waals surface area contributed by atoms with Gasteiger partial charge in [0, 0.05) is 17.9 Å². The molecular formula is C21H24FN3O2S. The lowest BCUT2D eigenvalue weighted by molar-refractivity contribution is -0.124. The lowest BCUT2D eigenvalue weighted by atomic mass is 10.1. The molecule has 5 nitrogen and oxygen atoms in total. The number of hydrogen-bond acceptors (Lipinski definition) is 4. The number of amides is 2. The van der Waals surface area contributed by atoms with E-state index in [-0.39, 0.29) is 23.7 Å². The van der Waals surface area contributed by atoms with Crippen molar-refractivity contribution in [2.75, 3.05) is 32.3 Å². The lowest BCUT2D eigenvalue weighted by Crippen LogP contribution is -2.48. The third-order valence-electron chi connectivity index (χ3n) is 4.79. The van der Waals surface area contributed by atoms with Crippen molar-refractivity contribution in [2.45, 2.75) is 12.1 Å². The number of likely N-dealkylation sites (N-methyl/N-ethyl adjacent to an activating group) is 1. The van der Waals surface area contributed by atoms with Gasteiger partial charge in [-0.15, -0.1) is 11.8 Å². The van der Waals surface area contributed by atoms with Gasteiger partial charge >= 0.3 is 0 Å². The number of carbonyl (C=O) groups is 2. The molecule has 28 heavy (non-hydrogen) atoms. The second-order valence-electron chi connectivity index (χ2n) is 6.94. The summed E-state index contributed by atoms with van der Waals surface area (Å²) >= 11 is 1.56. The van der Waals surface area contributed by atoms with Gasteiger partial charge in [-0.25, -0.2) is 4.39 Å². The van der Waals surface area contributed by atoms with E-state index in [0.717, 1.165) is 5.56 Å². The number of nitrogens with zero attached hydrogens (tertiary/aromatic N) is 2. The molecule has 2 unspecified atom stereocenters. The molecule has 1 saturated heterocycles. The zero-order valence-corrected chi connectivity index (χ0v) is 16.8. The summed E-state index contributed by atoms with van der Waals surface area (Å²) in [4.78, 5) is 29.1. The molecule has 1 aliphatic rings. The molecule has 2 aromatic rings. The van der Waals surface area contributed by atoms with Crippen molar-refractivity contribution >= 4 is 23.6 Å². The van der Waals surface area contributed by atoms with Crippen LogP contribution < -0.4 is 5.32 Å². The quantitative estimate of drug-likeness (QED) is 0.809. The highest BCUT2D eigenvalue weighted by molar-refractivity contribution is 7.99. The summed E-state index contributed by atoms with van der Waals surface area (Å²) in [6.07, 6.45) is 0. The van der Waals surface area contributed by atoms with Crippen molar-refractivity contribution in [3.8, 4) is 0 Å². The Morgan fingerprint density at radius 3 is 2.64 bits per heavy atom. The van der Waals surface area contributed by atoms with Gasteiger partial charge in [0.15, 0.2) is 0 Å². The summed E-state index contributed by atoms with van der Waals surface area (Å²) in [6.45, 7) is 0.337. The molecule has 0 radical (unpaired) electrons. The van der Waals surface area contributed by atoms with Crippen molar-refractivity contribution in [3.63, 3.8) is 0 Å². The largest absolute Gasteiger partial charge is 0.352 e. The maximum absolute atomic E-state index is 13.6. The molecule has 1 heterocycles. The predicted molar refractivity (Wildman–Crippen MR) is 110 cm³/mol. The van der Waals surface area contributed by atoms with E-state index in [2.05, 4.69) is 5.32 Å². The molecule has 2 aromatic carbocycles. The van der Waals surface area contributed by atoms with Gasteiger partial charge in [0.05, 0.1) is 11.9 Å². The monoisotopic (exact) mass is 401 g/mol. The fourth-order valence-electron chi connectivity index (χ4n) is 3.23. The van der Waals surface area contributed by atoms with E-state index in [0.29, 0.717) is 23.7 Å². The summed E-state index contributed by atoms with van der Waals surface area (Å²) in [5.41, 5.74) is 1.37. The molecule has 148 valence electrons. The molecule has 3 rings (SSSR count). The fraction of sp³-hybridized carbons (Fsp3) is 0.333. The van der Waals surface area contributed by atoms with Crippen LogP contribution >= 0.6 is 11.8 Å². The van der Waals surface area contributed by atoms with E-state index in [1.54, 1.807) is 34.9 Å². The molecule has 2 amide bonds. The van der Waals surface area contributed by atoms with Crippen molar-refractivity contribution in [1.82, 2.24) is 15.1 Å². The van der Waals surface area contributed by atoms with Crippen LogP contribution in [-0.4, -0.2) is 59.9 Å². The van der Waals surface area contributed by atoms with Crippen LogP contribution in [0.25, 0.3) is 0 Å². The fourth-order valence-corrected chi connectivity index (χ4v) is 4.39. The highest BCUT2D eigenvalue weighted by Crippen LogP contribution is 2.24. The van der Waals surface area contributed by atoms with Crippen molar-refractivity contribution in [3.05, 3.63) is 71.5 Å². The van der Waals surface area contributed by atoms with Gasteiger partial charge in [-0.1, -0.05) is 30.3 Å². The van der Waals surface area contributed by atoms with Crippen LogP contribution in [0.15, 0.2) is 54.6 Å². The zero-order chi connectivity index (χ0) is 20.1. The molecule has 2 atom stereocenters. The summed E-state index contributed by atoms with van der Waals surface area (Å²) in [7, 11) is 3.77. The molecule has 0 bridgehead atoms.